The zero-order valence-corrected chi connectivity index (χ0v) is 19.7. The molecule has 7 heteroatoms. The lowest BCUT2D eigenvalue weighted by Crippen LogP contribution is -2.28. The van der Waals surface area contributed by atoms with Crippen LogP contribution in [0.3, 0.4) is 0 Å². The van der Waals surface area contributed by atoms with E-state index in [2.05, 4.69) is 41.2 Å². The highest BCUT2D eigenvalue weighted by Crippen LogP contribution is 2.21. The minimum atomic E-state index is -1.11. The predicted octanol–water partition coefficient (Wildman–Crippen LogP) is 4.50. The van der Waals surface area contributed by atoms with Crippen molar-refractivity contribution in [3.05, 3.63) is 100 Å². The summed E-state index contributed by atoms with van der Waals surface area (Å²) in [6.45, 7) is 4.69. The lowest BCUT2D eigenvalue weighted by Gasteiger charge is -2.20. The fourth-order valence-corrected chi connectivity index (χ4v) is 4.37. The molecule has 1 aromatic heterocycles. The molecule has 3 aromatic carbocycles. The Balaban J connectivity index is 0.000000243. The molecule has 7 nitrogen and oxygen atoms in total. The topological polar surface area (TPSA) is 95.7 Å². The molecule has 0 unspecified atom stereocenters. The zero-order chi connectivity index (χ0) is 24.8. The Kier molecular flexibility index (Phi) is 7.57. The third-order valence-corrected chi connectivity index (χ3v) is 6.36. The number of rotatable bonds is 5. The summed E-state index contributed by atoms with van der Waals surface area (Å²) in [5.74, 6) is -1.31. The molecule has 35 heavy (non-hydrogen) atoms. The first-order valence-electron chi connectivity index (χ1n) is 11.7. The first-order chi connectivity index (χ1) is 16.9. The lowest BCUT2D eigenvalue weighted by atomic mass is 10.0. The third-order valence-electron chi connectivity index (χ3n) is 6.36. The van der Waals surface area contributed by atoms with Gasteiger partial charge in [-0.2, -0.15) is 9.78 Å². The van der Waals surface area contributed by atoms with Crippen LogP contribution in [0.5, 0.6) is 5.75 Å². The molecular weight excluding hydrogens is 442 g/mol. The van der Waals surface area contributed by atoms with Crippen molar-refractivity contribution in [2.24, 2.45) is 0 Å². The molecule has 0 amide bonds. The fraction of sp³-hybridized carbons (Fsp3) is 0.250. The van der Waals surface area contributed by atoms with Crippen LogP contribution in [0.4, 0.5) is 0 Å². The van der Waals surface area contributed by atoms with Crippen molar-refractivity contribution in [1.29, 1.82) is 0 Å². The fourth-order valence-electron chi connectivity index (χ4n) is 4.37. The number of carboxylic acid groups (broad SMARTS) is 1. The van der Waals surface area contributed by atoms with E-state index in [4.69, 9.17) is 10.2 Å². The number of hydrogen-bond acceptors (Lipinski definition) is 5. The molecule has 0 saturated carbocycles. The summed E-state index contributed by atoms with van der Waals surface area (Å²) >= 11 is 0. The van der Waals surface area contributed by atoms with Crippen LogP contribution < -0.4 is 5.56 Å². The number of benzene rings is 3. The first-order valence-corrected chi connectivity index (χ1v) is 11.7. The van der Waals surface area contributed by atoms with Gasteiger partial charge in [-0.15, -0.1) is 0 Å². The molecule has 0 bridgehead atoms. The summed E-state index contributed by atoms with van der Waals surface area (Å²) in [6, 6.07) is 22.4. The molecule has 1 aliphatic rings. The number of aromatic nitrogens is 2. The molecule has 2 N–H and O–H groups in total. The molecule has 1 saturated heterocycles. The normalized spacial score (nSPS) is 15.5. The van der Waals surface area contributed by atoms with E-state index in [1.54, 1.807) is 24.4 Å². The third kappa shape index (κ3) is 5.94. The Hall–Kier alpha value is -3.97. The number of phenols is 1. The number of carboxylic acids is 1. The van der Waals surface area contributed by atoms with Gasteiger partial charge in [0.1, 0.15) is 11.3 Å². The van der Waals surface area contributed by atoms with Crippen molar-refractivity contribution in [3.63, 3.8) is 0 Å². The molecule has 0 radical (unpaired) electrons. The van der Waals surface area contributed by atoms with Crippen molar-refractivity contribution in [3.8, 4) is 11.4 Å². The Morgan fingerprint density at radius 1 is 1.03 bits per heavy atom. The summed E-state index contributed by atoms with van der Waals surface area (Å²) in [7, 11) is 0. The molecule has 180 valence electrons. The van der Waals surface area contributed by atoms with Gasteiger partial charge in [0.25, 0.3) is 5.56 Å². The van der Waals surface area contributed by atoms with E-state index < -0.39 is 5.97 Å². The van der Waals surface area contributed by atoms with Crippen molar-refractivity contribution in [1.82, 2.24) is 14.7 Å². The molecule has 0 aliphatic carbocycles. The summed E-state index contributed by atoms with van der Waals surface area (Å²) in [4.78, 5) is 24.8. The molecule has 5 rings (SSSR count). The molecule has 1 atom stereocenters. The zero-order valence-electron chi connectivity index (χ0n) is 19.7. The van der Waals surface area contributed by atoms with Crippen LogP contribution in [0.2, 0.25) is 0 Å². The van der Waals surface area contributed by atoms with E-state index in [1.165, 1.54) is 53.2 Å². The van der Waals surface area contributed by atoms with E-state index in [9.17, 15) is 9.59 Å². The van der Waals surface area contributed by atoms with Crippen LogP contribution in [0, 0.1) is 0 Å². The molecule has 1 aliphatic heterocycles. The number of aromatic hydroxyl groups is 1. The Bertz CT molecular complexity index is 1380. The van der Waals surface area contributed by atoms with E-state index in [-0.39, 0.29) is 16.9 Å². The van der Waals surface area contributed by atoms with Crippen LogP contribution in [-0.2, 0) is 6.42 Å². The number of aromatic carboxylic acids is 1. The van der Waals surface area contributed by atoms with Gasteiger partial charge >= 0.3 is 5.97 Å². The minimum absolute atomic E-state index is 0.0671. The van der Waals surface area contributed by atoms with Crippen LogP contribution in [0.15, 0.2) is 83.8 Å². The monoisotopic (exact) mass is 471 g/mol. The predicted molar refractivity (Wildman–Crippen MR) is 136 cm³/mol. The maximum Gasteiger partial charge on any atom is 0.339 e. The number of hydrogen-bond donors (Lipinski definition) is 2. The summed E-state index contributed by atoms with van der Waals surface area (Å²) < 4.78 is 1.43. The van der Waals surface area contributed by atoms with Gasteiger partial charge in [-0.05, 0) is 79.4 Å². The second-order valence-corrected chi connectivity index (χ2v) is 8.74. The second kappa shape index (κ2) is 11.0. The smallest absolute Gasteiger partial charge is 0.339 e. The highest BCUT2D eigenvalue weighted by Gasteiger charge is 2.19. The van der Waals surface area contributed by atoms with Crippen molar-refractivity contribution >= 4 is 16.7 Å². The van der Waals surface area contributed by atoms with E-state index in [1.807, 2.05) is 12.1 Å². The average molecular weight is 472 g/mol. The summed E-state index contributed by atoms with van der Waals surface area (Å²) in [6.07, 6.45) is 5.37. The number of likely N-dealkylation sites (tertiary alicyclic amines) is 1. The van der Waals surface area contributed by atoms with E-state index in [0.29, 0.717) is 0 Å². The molecule has 4 aromatic rings. The number of nitrogens with zero attached hydrogens (tertiary/aromatic N) is 3. The Morgan fingerprint density at radius 2 is 1.80 bits per heavy atom. The van der Waals surface area contributed by atoms with Crippen molar-refractivity contribution in [2.75, 3.05) is 13.1 Å². The van der Waals surface area contributed by atoms with Gasteiger partial charge in [0.2, 0.25) is 0 Å². The Morgan fingerprint density at radius 3 is 2.49 bits per heavy atom. The molecular formula is C28H29N3O4. The number of carbonyl (C=O) groups is 1. The molecule has 1 fully saturated rings. The van der Waals surface area contributed by atoms with Crippen LogP contribution >= 0.6 is 0 Å². The molecule has 2 heterocycles. The SMILES string of the molecule is C[C@@H]1CCCN1CCc1ccc2cc(-n3ncccc3=O)ccc2c1.O=C(O)c1ccccc1O. The summed E-state index contributed by atoms with van der Waals surface area (Å²) in [5, 5.41) is 23.8. The largest absolute Gasteiger partial charge is 0.507 e. The van der Waals surface area contributed by atoms with Crippen LogP contribution in [0.25, 0.3) is 16.5 Å². The number of para-hydroxylation sites is 1. The standard InChI is InChI=1S/C21H23N3O.C7H6O3/c1-16-4-3-12-23(16)13-10-17-6-7-19-15-20(9-8-18(19)14-17)24-21(25)5-2-11-22-24;8-6-4-2-1-3-5(6)7(9)10/h2,5-9,11,14-16H,3-4,10,12-13H2,1H3;1-4,8H,(H,9,10)/t16-;/m1./s1. The second-order valence-electron chi connectivity index (χ2n) is 8.74. The minimum Gasteiger partial charge on any atom is -0.507 e. The maximum absolute atomic E-state index is 11.9. The van der Waals surface area contributed by atoms with Gasteiger partial charge < -0.3 is 15.1 Å². The molecule has 0 spiro atoms. The van der Waals surface area contributed by atoms with Crippen LogP contribution in [-0.4, -0.2) is 50.0 Å². The first kappa shape index (κ1) is 24.2. The van der Waals surface area contributed by atoms with E-state index in [0.717, 1.165) is 30.1 Å². The average Bonchev–Trinajstić information content (AvgIpc) is 3.27. The quantitative estimate of drug-likeness (QED) is 0.445. The van der Waals surface area contributed by atoms with E-state index >= 15 is 0 Å². The Labute approximate surface area is 203 Å². The van der Waals surface area contributed by atoms with Gasteiger partial charge in [0.05, 0.1) is 5.69 Å². The van der Waals surface area contributed by atoms with Crippen LogP contribution in [0.1, 0.15) is 35.7 Å². The number of fused-ring (bicyclic) bond motifs is 1. The van der Waals surface area contributed by atoms with Crippen molar-refractivity contribution < 1.29 is 15.0 Å². The highest BCUT2D eigenvalue weighted by molar-refractivity contribution is 5.90. The van der Waals surface area contributed by atoms with Gasteiger partial charge in [0.15, 0.2) is 0 Å². The van der Waals surface area contributed by atoms with Gasteiger partial charge in [-0.3, -0.25) is 4.79 Å². The highest BCUT2D eigenvalue weighted by atomic mass is 16.4. The van der Waals surface area contributed by atoms with Gasteiger partial charge in [-0.1, -0.05) is 36.4 Å². The van der Waals surface area contributed by atoms with Gasteiger partial charge in [-0.25, -0.2) is 4.79 Å². The van der Waals surface area contributed by atoms with Crippen molar-refractivity contribution in [2.45, 2.75) is 32.2 Å². The summed E-state index contributed by atoms with van der Waals surface area (Å²) in [5.41, 5.74) is 1.99. The maximum atomic E-state index is 11.9. The van der Waals surface area contributed by atoms with Gasteiger partial charge in [0, 0.05) is 24.8 Å². The lowest BCUT2D eigenvalue weighted by molar-refractivity contribution is 0.0693.